The number of anilines is 1. The Bertz CT molecular complexity index is 2000. The molecule has 3 aromatic carbocycles. The maximum absolute atomic E-state index is 15.1. The summed E-state index contributed by atoms with van der Waals surface area (Å²) in [6.45, 7) is 2.63. The molecule has 238 valence electrons. The lowest BCUT2D eigenvalue weighted by Gasteiger charge is -2.32. The van der Waals surface area contributed by atoms with Crippen molar-refractivity contribution in [3.8, 4) is 11.1 Å². The minimum atomic E-state index is -1.07. The molecule has 2 aromatic heterocycles. The van der Waals surface area contributed by atoms with E-state index in [9.17, 15) is 14.4 Å². The van der Waals surface area contributed by atoms with Gasteiger partial charge in [0.05, 0.1) is 28.3 Å². The smallest absolute Gasteiger partial charge is 0.274 e. The van der Waals surface area contributed by atoms with Crippen molar-refractivity contribution in [2.24, 2.45) is 23.3 Å². The van der Waals surface area contributed by atoms with Gasteiger partial charge in [-0.15, -0.1) is 0 Å². The number of fused-ring (bicyclic) bond motifs is 2. The quantitative estimate of drug-likeness (QED) is 0.165. The third-order valence-corrected chi connectivity index (χ3v) is 9.69. The molecule has 2 aliphatic carbocycles. The molecule has 2 amide bonds. The van der Waals surface area contributed by atoms with Gasteiger partial charge in [-0.05, 0) is 111 Å². The first kappa shape index (κ1) is 30.1. The van der Waals surface area contributed by atoms with E-state index in [1.54, 1.807) is 0 Å². The summed E-state index contributed by atoms with van der Waals surface area (Å²) in [4.78, 5) is 49.2. The van der Waals surface area contributed by atoms with Gasteiger partial charge < -0.3 is 16.5 Å². The second-order valence-corrected chi connectivity index (χ2v) is 13.0. The van der Waals surface area contributed by atoms with Crippen molar-refractivity contribution in [1.29, 1.82) is 0 Å². The van der Waals surface area contributed by atoms with E-state index in [1.807, 2.05) is 24.3 Å². The Kier molecular flexibility index (Phi) is 7.82. The molecule has 2 saturated carbocycles. The van der Waals surface area contributed by atoms with Crippen LogP contribution in [0.2, 0.25) is 0 Å². The second kappa shape index (κ2) is 12.0. The fraction of sp³-hybridized carbons (Fsp3) is 0.371. The topological polar surface area (TPSA) is 167 Å². The summed E-state index contributed by atoms with van der Waals surface area (Å²) < 4.78 is 15.1. The van der Waals surface area contributed by atoms with Crippen LogP contribution in [0.1, 0.15) is 61.4 Å². The summed E-state index contributed by atoms with van der Waals surface area (Å²) in [7, 11) is 0. The van der Waals surface area contributed by atoms with Crippen molar-refractivity contribution in [2.75, 3.05) is 11.4 Å². The van der Waals surface area contributed by atoms with Crippen LogP contribution < -0.4 is 21.9 Å². The number of carbonyl (C=O) groups is 2. The monoisotopic (exact) mass is 623 g/mol. The third kappa shape index (κ3) is 5.65. The minimum Gasteiger partial charge on any atom is -0.342 e. The molecule has 1 atom stereocenters. The van der Waals surface area contributed by atoms with Crippen molar-refractivity contribution in [2.45, 2.75) is 63.8 Å². The van der Waals surface area contributed by atoms with Gasteiger partial charge in [-0.25, -0.2) is 14.3 Å². The number of hydrogen-bond acceptors (Lipinski definition) is 6. The second-order valence-electron chi connectivity index (χ2n) is 13.0. The predicted octanol–water partition coefficient (Wildman–Crippen LogP) is 4.92. The van der Waals surface area contributed by atoms with E-state index in [1.165, 1.54) is 18.9 Å². The van der Waals surface area contributed by atoms with Gasteiger partial charge in [0.1, 0.15) is 17.0 Å². The highest BCUT2D eigenvalue weighted by atomic mass is 19.1. The van der Waals surface area contributed by atoms with Crippen molar-refractivity contribution < 1.29 is 14.0 Å². The Labute approximate surface area is 264 Å². The van der Waals surface area contributed by atoms with Crippen LogP contribution >= 0.6 is 0 Å². The zero-order valence-electron chi connectivity index (χ0n) is 25.7. The molecule has 0 aliphatic heterocycles. The van der Waals surface area contributed by atoms with Crippen LogP contribution in [0.15, 0.2) is 53.3 Å². The van der Waals surface area contributed by atoms with E-state index in [2.05, 4.69) is 34.2 Å². The highest BCUT2D eigenvalue weighted by Crippen LogP contribution is 2.40. The number of imidazole rings is 1. The molecule has 0 radical (unpaired) electrons. The zero-order valence-corrected chi connectivity index (χ0v) is 25.7. The number of carbonyl (C=O) groups excluding carboxylic acids is 2. The van der Waals surface area contributed by atoms with Crippen molar-refractivity contribution >= 4 is 39.4 Å². The number of aromatic amines is 3. The van der Waals surface area contributed by atoms with Crippen LogP contribution in [0.25, 0.3) is 33.1 Å². The minimum absolute atomic E-state index is 0.0380. The molecule has 10 nitrogen and oxygen atoms in total. The molecule has 2 aliphatic rings. The molecule has 0 saturated heterocycles. The summed E-state index contributed by atoms with van der Waals surface area (Å²) in [6, 6.07) is 13.5. The van der Waals surface area contributed by atoms with E-state index < -0.39 is 35.2 Å². The van der Waals surface area contributed by atoms with Crippen LogP contribution in [0, 0.1) is 24.6 Å². The van der Waals surface area contributed by atoms with Gasteiger partial charge in [0.25, 0.3) is 11.5 Å². The Morgan fingerprint density at radius 3 is 2.43 bits per heavy atom. The number of rotatable bonds is 8. The summed E-state index contributed by atoms with van der Waals surface area (Å²) in [6.07, 6.45) is 5.26. The van der Waals surface area contributed by atoms with Crippen molar-refractivity contribution in [3.05, 3.63) is 81.7 Å². The molecular formula is C35H38FN7O3. The number of aromatic nitrogens is 4. The van der Waals surface area contributed by atoms with E-state index in [0.717, 1.165) is 62.9 Å². The number of halogens is 1. The molecule has 5 aromatic rings. The molecule has 46 heavy (non-hydrogen) atoms. The summed E-state index contributed by atoms with van der Waals surface area (Å²) in [5, 5.41) is 4.82. The summed E-state index contributed by atoms with van der Waals surface area (Å²) in [5.41, 5.74) is 18.0. The SMILES string of the molecule is Cc1cc2[nH]c(C3CC3)nc2cc1-c1ccc(C[C@H](N)C(=O)N(C(=O)C2CCC(CN)CC2)c2cc(F)c3c(=O)[nH][nH]c3c2)cc1. The lowest BCUT2D eigenvalue weighted by Crippen LogP contribution is -2.50. The molecule has 0 spiro atoms. The number of benzene rings is 3. The van der Waals surface area contributed by atoms with Crippen LogP contribution in [-0.2, 0) is 16.0 Å². The Hall–Kier alpha value is -4.61. The maximum atomic E-state index is 15.1. The first-order valence-corrected chi connectivity index (χ1v) is 16.0. The molecule has 2 fully saturated rings. The predicted molar refractivity (Wildman–Crippen MR) is 176 cm³/mol. The molecule has 11 heteroatoms. The lowest BCUT2D eigenvalue weighted by molar-refractivity contribution is -0.130. The van der Waals surface area contributed by atoms with Crippen molar-refractivity contribution in [3.63, 3.8) is 0 Å². The largest absolute Gasteiger partial charge is 0.342 e. The highest BCUT2D eigenvalue weighted by molar-refractivity contribution is 6.17. The van der Waals surface area contributed by atoms with Crippen LogP contribution in [0.3, 0.4) is 0 Å². The Morgan fingerprint density at radius 1 is 1.00 bits per heavy atom. The maximum Gasteiger partial charge on any atom is 0.274 e. The van der Waals surface area contributed by atoms with Crippen molar-refractivity contribution in [1.82, 2.24) is 20.2 Å². The average Bonchev–Trinajstić information content (AvgIpc) is 3.72. The van der Waals surface area contributed by atoms with Gasteiger partial charge in [0, 0.05) is 11.8 Å². The molecule has 0 bridgehead atoms. The normalized spacial score (nSPS) is 19.0. The average molecular weight is 624 g/mol. The first-order chi connectivity index (χ1) is 22.2. The summed E-state index contributed by atoms with van der Waals surface area (Å²) in [5.74, 6) is -0.363. The van der Waals surface area contributed by atoms with Crippen LogP contribution in [0.4, 0.5) is 10.1 Å². The fourth-order valence-corrected chi connectivity index (χ4v) is 6.80. The summed E-state index contributed by atoms with van der Waals surface area (Å²) >= 11 is 0. The number of hydrogen-bond donors (Lipinski definition) is 5. The number of imide groups is 1. The standard InChI is InChI=1S/C35H38FN7O3/c1-18-12-28-29(40-32(39-28)22-10-11-22)16-25(18)21-6-2-19(3-7-21)13-27(38)35(46)43(34(45)23-8-4-20(17-37)5-9-23)24-14-26(36)31-30(15-24)41-42-33(31)44/h2-3,6-7,12,14-16,20,22-23,27H,4-5,8-11,13,17,37-38H2,1H3,(H,39,40)(H2,41,42,44)/t20?,23?,27-/m0/s1. The van der Waals surface area contributed by atoms with Gasteiger partial charge >= 0.3 is 0 Å². The van der Waals surface area contributed by atoms with Crippen LogP contribution in [-0.4, -0.2) is 44.6 Å². The molecule has 2 heterocycles. The van der Waals surface area contributed by atoms with E-state index in [0.29, 0.717) is 31.2 Å². The number of nitrogens with one attached hydrogen (secondary N) is 3. The van der Waals surface area contributed by atoms with Gasteiger partial charge in [-0.2, -0.15) is 0 Å². The van der Waals surface area contributed by atoms with Gasteiger partial charge in [-0.1, -0.05) is 24.3 Å². The Balaban J connectivity index is 1.13. The van der Waals surface area contributed by atoms with Gasteiger partial charge in [-0.3, -0.25) is 24.6 Å². The van der Waals surface area contributed by atoms with E-state index in [4.69, 9.17) is 16.5 Å². The molecular weight excluding hydrogens is 585 g/mol. The Morgan fingerprint density at radius 2 is 1.74 bits per heavy atom. The number of aryl methyl sites for hydroxylation is 1. The fourth-order valence-electron chi connectivity index (χ4n) is 6.80. The molecule has 0 unspecified atom stereocenters. The van der Waals surface area contributed by atoms with Gasteiger partial charge in [0.15, 0.2) is 0 Å². The number of nitrogens with zero attached hydrogens (tertiary/aromatic N) is 2. The van der Waals surface area contributed by atoms with E-state index >= 15 is 4.39 Å². The molecule has 7 N–H and O–H groups in total. The number of amides is 2. The highest BCUT2D eigenvalue weighted by Gasteiger charge is 2.36. The zero-order chi connectivity index (χ0) is 32.1. The van der Waals surface area contributed by atoms with Crippen LogP contribution in [0.5, 0.6) is 0 Å². The molecule has 7 rings (SSSR count). The third-order valence-electron chi connectivity index (χ3n) is 9.69. The lowest BCUT2D eigenvalue weighted by atomic mass is 9.81. The van der Waals surface area contributed by atoms with E-state index in [-0.39, 0.29) is 23.0 Å². The number of H-pyrrole nitrogens is 3. The number of nitrogens with two attached hydrogens (primary N) is 2. The first-order valence-electron chi connectivity index (χ1n) is 16.0. The van der Waals surface area contributed by atoms with Gasteiger partial charge in [0.2, 0.25) is 5.91 Å².